The highest BCUT2D eigenvalue weighted by Gasteiger charge is 2.21. The summed E-state index contributed by atoms with van der Waals surface area (Å²) in [7, 11) is 0. The average molecular weight is 316 g/mol. The zero-order chi connectivity index (χ0) is 17.7. The standard InChI is InChI=1S/C9H6O6.C4H10O3/c10-7(11)4-1-2-5(8(12)13)6(3-4)9(14)15;1-3(5)4(2,6)7/h1-3H,(H,10,11)(H,12,13)(H,14,15);3,5-7H,1-2H3. The molecule has 0 bridgehead atoms. The van der Waals surface area contributed by atoms with Gasteiger partial charge in [0.1, 0.15) is 6.10 Å². The Labute approximate surface area is 124 Å². The van der Waals surface area contributed by atoms with Crippen molar-refractivity contribution in [2.24, 2.45) is 0 Å². The van der Waals surface area contributed by atoms with Gasteiger partial charge in [-0.2, -0.15) is 0 Å². The lowest BCUT2D eigenvalue weighted by atomic mass is 10.0. The van der Waals surface area contributed by atoms with E-state index >= 15 is 0 Å². The monoisotopic (exact) mass is 316 g/mol. The third-order valence-electron chi connectivity index (χ3n) is 2.52. The van der Waals surface area contributed by atoms with Crippen molar-refractivity contribution >= 4 is 17.9 Å². The van der Waals surface area contributed by atoms with E-state index in [4.69, 9.17) is 30.6 Å². The van der Waals surface area contributed by atoms with E-state index < -0.39 is 40.9 Å². The van der Waals surface area contributed by atoms with Crippen LogP contribution < -0.4 is 0 Å². The van der Waals surface area contributed by atoms with Gasteiger partial charge in [-0.1, -0.05) is 0 Å². The van der Waals surface area contributed by atoms with Crippen molar-refractivity contribution in [2.45, 2.75) is 25.7 Å². The van der Waals surface area contributed by atoms with E-state index in [1.165, 1.54) is 6.92 Å². The smallest absolute Gasteiger partial charge is 0.336 e. The van der Waals surface area contributed by atoms with Crippen LogP contribution in [0.25, 0.3) is 0 Å². The molecule has 9 nitrogen and oxygen atoms in total. The quantitative estimate of drug-likeness (QED) is 0.413. The Morgan fingerprint density at radius 1 is 0.955 bits per heavy atom. The number of hydrogen-bond acceptors (Lipinski definition) is 6. The van der Waals surface area contributed by atoms with Gasteiger partial charge >= 0.3 is 17.9 Å². The highest BCUT2D eigenvalue weighted by molar-refractivity contribution is 6.03. The molecule has 0 saturated carbocycles. The first-order valence-electron chi connectivity index (χ1n) is 5.84. The molecule has 0 saturated heterocycles. The van der Waals surface area contributed by atoms with E-state index in [1.54, 1.807) is 0 Å². The van der Waals surface area contributed by atoms with Gasteiger partial charge in [0.15, 0.2) is 5.79 Å². The summed E-state index contributed by atoms with van der Waals surface area (Å²) in [6, 6.07) is 2.81. The summed E-state index contributed by atoms with van der Waals surface area (Å²) >= 11 is 0. The number of carboxylic acids is 3. The number of carboxylic acid groups (broad SMARTS) is 3. The van der Waals surface area contributed by atoms with Crippen molar-refractivity contribution in [3.8, 4) is 0 Å². The molecule has 0 heterocycles. The minimum absolute atomic E-state index is 0.266. The van der Waals surface area contributed by atoms with E-state index in [0.29, 0.717) is 0 Å². The largest absolute Gasteiger partial charge is 0.478 e. The van der Waals surface area contributed by atoms with Crippen LogP contribution >= 0.6 is 0 Å². The summed E-state index contributed by atoms with van der Waals surface area (Å²) in [4.78, 5) is 31.8. The second-order valence-electron chi connectivity index (χ2n) is 4.45. The number of aromatic carboxylic acids is 3. The van der Waals surface area contributed by atoms with E-state index in [-0.39, 0.29) is 5.56 Å². The van der Waals surface area contributed by atoms with Crippen LogP contribution in [0.2, 0.25) is 0 Å². The molecule has 9 heteroatoms. The molecule has 0 radical (unpaired) electrons. The van der Waals surface area contributed by atoms with Gasteiger partial charge < -0.3 is 30.6 Å². The molecule has 1 aromatic carbocycles. The first-order chi connectivity index (χ1) is 9.87. The predicted octanol–water partition coefficient (Wildman–Crippen LogP) is -0.151. The van der Waals surface area contributed by atoms with Gasteiger partial charge in [0.05, 0.1) is 16.7 Å². The summed E-state index contributed by atoms with van der Waals surface area (Å²) in [6.07, 6.45) is -1.09. The number of hydrogen-bond donors (Lipinski definition) is 6. The molecule has 0 spiro atoms. The first-order valence-corrected chi connectivity index (χ1v) is 5.84. The summed E-state index contributed by atoms with van der Waals surface area (Å²) in [5.74, 6) is -6.14. The van der Waals surface area contributed by atoms with Crippen molar-refractivity contribution in [3.05, 3.63) is 34.9 Å². The summed E-state index contributed by atoms with van der Waals surface area (Å²) in [5.41, 5.74) is -1.24. The molecular weight excluding hydrogens is 300 g/mol. The third kappa shape index (κ3) is 5.87. The van der Waals surface area contributed by atoms with Crippen LogP contribution in [0, 0.1) is 0 Å². The van der Waals surface area contributed by atoms with Crippen LogP contribution in [-0.4, -0.2) is 60.4 Å². The number of rotatable bonds is 4. The van der Waals surface area contributed by atoms with Crippen LogP contribution in [0.5, 0.6) is 0 Å². The normalized spacial score (nSPS) is 11.9. The molecule has 0 aliphatic carbocycles. The molecule has 0 amide bonds. The van der Waals surface area contributed by atoms with Gasteiger partial charge in [-0.3, -0.25) is 0 Å². The lowest BCUT2D eigenvalue weighted by molar-refractivity contribution is -0.205. The second-order valence-corrected chi connectivity index (χ2v) is 4.45. The minimum atomic E-state index is -1.94. The van der Waals surface area contributed by atoms with Crippen LogP contribution in [0.4, 0.5) is 0 Å². The maximum absolute atomic E-state index is 10.6. The molecule has 122 valence electrons. The molecule has 1 atom stereocenters. The van der Waals surface area contributed by atoms with Crippen LogP contribution in [0.3, 0.4) is 0 Å². The van der Waals surface area contributed by atoms with E-state index in [2.05, 4.69) is 0 Å². The van der Waals surface area contributed by atoms with Crippen LogP contribution in [-0.2, 0) is 0 Å². The molecule has 0 aromatic heterocycles. The lowest BCUT2D eigenvalue weighted by Crippen LogP contribution is -2.36. The van der Waals surface area contributed by atoms with E-state index in [0.717, 1.165) is 25.1 Å². The lowest BCUT2D eigenvalue weighted by Gasteiger charge is -2.17. The molecule has 0 aliphatic rings. The summed E-state index contributed by atoms with van der Waals surface area (Å²) < 4.78 is 0. The van der Waals surface area contributed by atoms with Crippen molar-refractivity contribution < 1.29 is 45.0 Å². The van der Waals surface area contributed by atoms with Crippen LogP contribution in [0.1, 0.15) is 44.9 Å². The van der Waals surface area contributed by atoms with Crippen molar-refractivity contribution in [3.63, 3.8) is 0 Å². The van der Waals surface area contributed by atoms with Gasteiger partial charge in [-0.05, 0) is 32.0 Å². The fraction of sp³-hybridized carbons (Fsp3) is 0.308. The van der Waals surface area contributed by atoms with Gasteiger partial charge in [0, 0.05) is 0 Å². The zero-order valence-electron chi connectivity index (χ0n) is 11.7. The Morgan fingerprint density at radius 3 is 1.64 bits per heavy atom. The van der Waals surface area contributed by atoms with Gasteiger partial charge in [-0.25, -0.2) is 14.4 Å². The minimum Gasteiger partial charge on any atom is -0.478 e. The van der Waals surface area contributed by atoms with Gasteiger partial charge in [0.2, 0.25) is 0 Å². The highest BCUT2D eigenvalue weighted by atomic mass is 16.5. The molecule has 0 fully saturated rings. The maximum Gasteiger partial charge on any atom is 0.336 e. The molecule has 0 aliphatic heterocycles. The van der Waals surface area contributed by atoms with Crippen molar-refractivity contribution in [1.82, 2.24) is 0 Å². The number of aliphatic hydroxyl groups excluding tert-OH is 1. The topological polar surface area (TPSA) is 173 Å². The number of carbonyl (C=O) groups is 3. The summed E-state index contributed by atoms with van der Waals surface area (Å²) in [5, 5.41) is 51.1. The molecule has 1 rings (SSSR count). The fourth-order valence-corrected chi connectivity index (χ4v) is 1.04. The van der Waals surface area contributed by atoms with E-state index in [1.807, 2.05) is 0 Å². The number of benzene rings is 1. The average Bonchev–Trinajstić information content (AvgIpc) is 2.37. The zero-order valence-corrected chi connectivity index (χ0v) is 11.7. The first kappa shape index (κ1) is 19.5. The van der Waals surface area contributed by atoms with Crippen molar-refractivity contribution in [1.29, 1.82) is 0 Å². The van der Waals surface area contributed by atoms with Crippen LogP contribution in [0.15, 0.2) is 18.2 Å². The third-order valence-corrected chi connectivity index (χ3v) is 2.52. The summed E-state index contributed by atoms with van der Waals surface area (Å²) in [6.45, 7) is 2.43. The Balaban J connectivity index is 0.000000534. The van der Waals surface area contributed by atoms with E-state index in [9.17, 15) is 14.4 Å². The molecule has 22 heavy (non-hydrogen) atoms. The Hall–Kier alpha value is -2.49. The Kier molecular flexibility index (Phi) is 6.65. The Bertz CT molecular complexity index is 569. The Morgan fingerprint density at radius 2 is 1.36 bits per heavy atom. The molecule has 6 N–H and O–H groups in total. The SMILES string of the molecule is CC(O)C(C)(O)O.O=C(O)c1ccc(C(=O)O)c(C(=O)O)c1. The molecule has 1 aromatic rings. The van der Waals surface area contributed by atoms with Crippen molar-refractivity contribution in [2.75, 3.05) is 0 Å². The van der Waals surface area contributed by atoms with Gasteiger partial charge in [-0.15, -0.1) is 0 Å². The fourth-order valence-electron chi connectivity index (χ4n) is 1.04. The predicted molar refractivity (Wildman–Crippen MR) is 71.8 cm³/mol. The second kappa shape index (κ2) is 7.50. The number of aliphatic hydroxyl groups is 3. The maximum atomic E-state index is 10.6. The highest BCUT2D eigenvalue weighted by Crippen LogP contribution is 2.12. The molecule has 1 unspecified atom stereocenters. The van der Waals surface area contributed by atoms with Gasteiger partial charge in [0.25, 0.3) is 0 Å². The molecular formula is C13H16O9.